The Balaban J connectivity index is 1.68. The normalized spacial score (nSPS) is 14.6. The summed E-state index contributed by atoms with van der Waals surface area (Å²) >= 11 is 6.10. The Kier molecular flexibility index (Phi) is 10.5. The minimum atomic E-state index is -4.18. The van der Waals surface area contributed by atoms with Crippen molar-refractivity contribution in [1.82, 2.24) is 10.2 Å². The van der Waals surface area contributed by atoms with Crippen molar-refractivity contribution in [3.05, 3.63) is 88.9 Å². The quantitative estimate of drug-likeness (QED) is 0.299. The van der Waals surface area contributed by atoms with Gasteiger partial charge in [0.1, 0.15) is 18.3 Å². The van der Waals surface area contributed by atoms with E-state index in [1.165, 1.54) is 24.1 Å². The van der Waals surface area contributed by atoms with Crippen molar-refractivity contribution >= 4 is 39.1 Å². The molecule has 1 atom stereocenters. The van der Waals surface area contributed by atoms with Crippen LogP contribution in [0.25, 0.3) is 0 Å². The van der Waals surface area contributed by atoms with Gasteiger partial charge in [-0.3, -0.25) is 13.9 Å². The molecule has 4 rings (SSSR count). The lowest BCUT2D eigenvalue weighted by atomic mass is 9.95. The molecule has 1 aliphatic carbocycles. The van der Waals surface area contributed by atoms with Crippen LogP contribution in [0, 0.1) is 6.92 Å². The molecule has 0 unspecified atom stereocenters. The lowest BCUT2D eigenvalue weighted by Gasteiger charge is -2.33. The molecule has 10 heteroatoms. The second-order valence-electron chi connectivity index (χ2n) is 10.6. The number of methoxy groups -OCH3 is 1. The summed E-state index contributed by atoms with van der Waals surface area (Å²) in [4.78, 5) is 29.0. The van der Waals surface area contributed by atoms with E-state index in [0.29, 0.717) is 10.8 Å². The first-order chi connectivity index (χ1) is 20.1. The van der Waals surface area contributed by atoms with Crippen molar-refractivity contribution in [2.75, 3.05) is 18.0 Å². The van der Waals surface area contributed by atoms with Crippen LogP contribution in [-0.4, -0.2) is 50.9 Å². The Morgan fingerprint density at radius 3 is 2.24 bits per heavy atom. The van der Waals surface area contributed by atoms with E-state index in [1.54, 1.807) is 43.3 Å². The summed E-state index contributed by atoms with van der Waals surface area (Å²) in [6.07, 6.45) is 5.10. The second kappa shape index (κ2) is 14.1. The smallest absolute Gasteiger partial charge is 0.264 e. The van der Waals surface area contributed by atoms with Crippen LogP contribution < -0.4 is 14.4 Å². The number of ether oxygens (including phenoxy) is 1. The molecular weight excluding hydrogens is 574 g/mol. The molecule has 1 saturated carbocycles. The van der Waals surface area contributed by atoms with Crippen molar-refractivity contribution in [3.8, 4) is 5.75 Å². The predicted octanol–water partition coefficient (Wildman–Crippen LogP) is 5.72. The van der Waals surface area contributed by atoms with Crippen molar-refractivity contribution in [2.24, 2.45) is 0 Å². The van der Waals surface area contributed by atoms with Crippen molar-refractivity contribution in [1.29, 1.82) is 0 Å². The lowest BCUT2D eigenvalue weighted by Crippen LogP contribution is -2.53. The average molecular weight is 612 g/mol. The van der Waals surface area contributed by atoms with Gasteiger partial charge < -0.3 is 15.0 Å². The summed E-state index contributed by atoms with van der Waals surface area (Å²) < 4.78 is 34.2. The maximum absolute atomic E-state index is 14.1. The number of nitrogens with zero attached hydrogens (tertiary/aromatic N) is 2. The lowest BCUT2D eigenvalue weighted by molar-refractivity contribution is -0.139. The van der Waals surface area contributed by atoms with Gasteiger partial charge in [0, 0.05) is 17.6 Å². The van der Waals surface area contributed by atoms with Crippen molar-refractivity contribution < 1.29 is 22.7 Å². The second-order valence-corrected chi connectivity index (χ2v) is 12.9. The molecule has 2 amide bonds. The molecule has 3 aromatic rings. The Morgan fingerprint density at radius 2 is 1.62 bits per heavy atom. The molecule has 1 N–H and O–H groups in total. The van der Waals surface area contributed by atoms with Crippen LogP contribution in [-0.2, 0) is 26.2 Å². The number of carbonyl (C=O) groups is 2. The minimum Gasteiger partial charge on any atom is -0.497 e. The highest BCUT2D eigenvalue weighted by Crippen LogP contribution is 2.27. The molecule has 42 heavy (non-hydrogen) atoms. The molecule has 0 aliphatic heterocycles. The molecule has 224 valence electrons. The Bertz CT molecular complexity index is 1470. The Hall–Kier alpha value is -3.56. The monoisotopic (exact) mass is 611 g/mol. The Morgan fingerprint density at radius 1 is 0.976 bits per heavy atom. The maximum Gasteiger partial charge on any atom is 0.264 e. The maximum atomic E-state index is 14.1. The van der Waals surface area contributed by atoms with E-state index in [9.17, 15) is 18.0 Å². The van der Waals surface area contributed by atoms with E-state index in [2.05, 4.69) is 5.32 Å². The highest BCUT2D eigenvalue weighted by atomic mass is 35.5. The number of nitrogens with one attached hydrogen (secondary N) is 1. The van der Waals surface area contributed by atoms with Crippen molar-refractivity contribution in [3.63, 3.8) is 0 Å². The van der Waals surface area contributed by atoms with Crippen molar-refractivity contribution in [2.45, 2.75) is 69.5 Å². The van der Waals surface area contributed by atoms with Gasteiger partial charge in [0.15, 0.2) is 0 Å². The highest BCUT2D eigenvalue weighted by Gasteiger charge is 2.33. The molecular formula is C32H38ClN3O5S. The van der Waals surface area contributed by atoms with Crippen LogP contribution in [0.2, 0.25) is 5.02 Å². The third-order valence-corrected chi connectivity index (χ3v) is 9.80. The summed E-state index contributed by atoms with van der Waals surface area (Å²) in [5, 5.41) is 3.55. The topological polar surface area (TPSA) is 96.0 Å². The number of sulfonamides is 1. The summed E-state index contributed by atoms with van der Waals surface area (Å²) in [5.74, 6) is -0.248. The fourth-order valence-electron chi connectivity index (χ4n) is 5.13. The summed E-state index contributed by atoms with van der Waals surface area (Å²) in [6, 6.07) is 19.1. The first-order valence-corrected chi connectivity index (χ1v) is 16.0. The Labute approximate surface area is 253 Å². The number of hydrogen-bond donors (Lipinski definition) is 1. The zero-order valence-electron chi connectivity index (χ0n) is 24.3. The van der Waals surface area contributed by atoms with Gasteiger partial charge in [-0.15, -0.1) is 0 Å². The molecule has 1 fully saturated rings. The van der Waals surface area contributed by atoms with E-state index in [-0.39, 0.29) is 29.1 Å². The number of benzene rings is 3. The summed E-state index contributed by atoms with van der Waals surface area (Å²) in [7, 11) is -2.69. The molecule has 0 aromatic heterocycles. The number of rotatable bonds is 11. The van der Waals surface area contributed by atoms with Crippen LogP contribution in [0.4, 0.5) is 5.69 Å². The zero-order valence-corrected chi connectivity index (χ0v) is 25.8. The number of hydrogen-bond acceptors (Lipinski definition) is 5. The molecule has 8 nitrogen and oxygen atoms in total. The predicted molar refractivity (Wildman–Crippen MR) is 165 cm³/mol. The van der Waals surface area contributed by atoms with E-state index in [4.69, 9.17) is 16.3 Å². The average Bonchev–Trinajstić information content (AvgIpc) is 3.00. The molecule has 0 bridgehead atoms. The fraction of sp³-hybridized carbons (Fsp3) is 0.375. The minimum absolute atomic E-state index is 0.000376. The molecule has 0 spiro atoms. The van der Waals surface area contributed by atoms with E-state index in [1.807, 2.05) is 31.2 Å². The number of anilines is 1. The first-order valence-electron chi connectivity index (χ1n) is 14.2. The number of halogens is 1. The largest absolute Gasteiger partial charge is 0.497 e. The third kappa shape index (κ3) is 7.63. The number of amides is 2. The number of aryl methyl sites for hydroxylation is 1. The van der Waals surface area contributed by atoms with Gasteiger partial charge in [-0.1, -0.05) is 55.1 Å². The van der Waals surface area contributed by atoms with Crippen LogP contribution in [0.15, 0.2) is 77.7 Å². The number of carbonyl (C=O) groups excluding carboxylic acids is 2. The van der Waals surface area contributed by atoms with Gasteiger partial charge in [-0.25, -0.2) is 8.42 Å². The first kappa shape index (κ1) is 31.4. The zero-order chi connectivity index (χ0) is 30.3. The third-order valence-electron chi connectivity index (χ3n) is 7.76. The standard InChI is InChI=1S/C32H38ClN3O5S/c1-23-9-7-8-10-25(23)21-35(24(2)32(38)34-27-11-5-4-6-12-27)31(37)22-36(28-15-13-26(33)14-16-28)42(39,40)30-19-17-29(41-3)18-20-30/h7-10,13-20,24,27H,4-6,11-12,21-22H2,1-3H3,(H,34,38)/t24-/m1/s1. The van der Waals surface area contributed by atoms with Gasteiger partial charge >= 0.3 is 0 Å². The summed E-state index contributed by atoms with van der Waals surface area (Å²) in [5.41, 5.74) is 2.12. The van der Waals surface area contributed by atoms with E-state index >= 15 is 0 Å². The SMILES string of the molecule is COc1ccc(S(=O)(=O)N(CC(=O)N(Cc2ccccc2C)[C@H](C)C(=O)NC2CCCCC2)c2ccc(Cl)cc2)cc1. The molecule has 0 radical (unpaired) electrons. The van der Waals surface area contributed by atoms with Crippen LogP contribution in [0.3, 0.4) is 0 Å². The van der Waals surface area contributed by atoms with Crippen LogP contribution in [0.1, 0.15) is 50.2 Å². The van der Waals surface area contributed by atoms with E-state index in [0.717, 1.165) is 47.5 Å². The highest BCUT2D eigenvalue weighted by molar-refractivity contribution is 7.92. The van der Waals surface area contributed by atoms with E-state index < -0.39 is 28.5 Å². The van der Waals surface area contributed by atoms with Gasteiger partial charge in [-0.2, -0.15) is 0 Å². The van der Waals surface area contributed by atoms with Gasteiger partial charge in [-0.05, 0) is 86.3 Å². The van der Waals surface area contributed by atoms with Crippen LogP contribution >= 0.6 is 11.6 Å². The van der Waals surface area contributed by atoms with Gasteiger partial charge in [0.25, 0.3) is 10.0 Å². The van der Waals surface area contributed by atoms with Crippen LogP contribution in [0.5, 0.6) is 5.75 Å². The van der Waals surface area contributed by atoms with Gasteiger partial charge in [0.05, 0.1) is 17.7 Å². The molecule has 1 aliphatic rings. The molecule has 3 aromatic carbocycles. The molecule has 0 saturated heterocycles. The summed E-state index contributed by atoms with van der Waals surface area (Å²) in [6.45, 7) is 3.28. The molecule has 0 heterocycles. The fourth-order valence-corrected chi connectivity index (χ4v) is 6.67. The van der Waals surface area contributed by atoms with Gasteiger partial charge in [0.2, 0.25) is 11.8 Å².